The molecule has 4 rings (SSSR count). The number of fused-ring (bicyclic) bond motifs is 1. The average molecular weight is 388 g/mol. The zero-order chi connectivity index (χ0) is 19.7. The van der Waals surface area contributed by atoms with Crippen LogP contribution in [0.3, 0.4) is 0 Å². The minimum absolute atomic E-state index is 0.131. The van der Waals surface area contributed by atoms with Gasteiger partial charge in [0.05, 0.1) is 7.11 Å². The summed E-state index contributed by atoms with van der Waals surface area (Å²) in [6, 6.07) is 7.33. The molecule has 0 aliphatic heterocycles. The molecule has 0 unspecified atom stereocenters. The molecule has 1 N–H and O–H groups in total. The van der Waals surface area contributed by atoms with Gasteiger partial charge in [-0.15, -0.1) is 0 Å². The van der Waals surface area contributed by atoms with Gasteiger partial charge in [0.1, 0.15) is 17.7 Å². The summed E-state index contributed by atoms with van der Waals surface area (Å²) in [5.74, 6) is -2.15. The smallest absolute Gasteiger partial charge is 0.190 e. The summed E-state index contributed by atoms with van der Waals surface area (Å²) in [5, 5.41) is 5.04. The minimum atomic E-state index is -0.799. The predicted molar refractivity (Wildman–Crippen MR) is 98.9 cm³/mol. The molecular formula is C21H19F3N2O2. The van der Waals surface area contributed by atoms with Crippen molar-refractivity contribution < 1.29 is 22.6 Å². The molecule has 3 aromatic rings. The molecule has 2 aromatic carbocycles. The molecule has 1 saturated carbocycles. The number of nitrogens with one attached hydrogen (secondary N) is 1. The van der Waals surface area contributed by atoms with Crippen molar-refractivity contribution in [1.82, 2.24) is 10.3 Å². The topological polar surface area (TPSA) is 43.4 Å². The first-order chi connectivity index (χ1) is 13.5. The van der Waals surface area contributed by atoms with Crippen molar-refractivity contribution >= 4 is 10.8 Å². The van der Waals surface area contributed by atoms with Crippen LogP contribution in [0.2, 0.25) is 0 Å². The van der Waals surface area contributed by atoms with Gasteiger partial charge in [-0.25, -0.2) is 13.2 Å². The molecule has 0 bridgehead atoms. The highest BCUT2D eigenvalue weighted by molar-refractivity contribution is 5.84. The first kappa shape index (κ1) is 18.6. The van der Waals surface area contributed by atoms with Gasteiger partial charge in [0.2, 0.25) is 0 Å². The van der Waals surface area contributed by atoms with Gasteiger partial charge in [-0.2, -0.15) is 0 Å². The average Bonchev–Trinajstić information content (AvgIpc) is 2.64. The third kappa shape index (κ3) is 3.62. The third-order valence-electron chi connectivity index (χ3n) is 5.02. The van der Waals surface area contributed by atoms with E-state index >= 15 is 0 Å². The van der Waals surface area contributed by atoms with Gasteiger partial charge < -0.3 is 14.8 Å². The number of benzene rings is 2. The van der Waals surface area contributed by atoms with E-state index in [1.54, 1.807) is 24.5 Å². The molecule has 0 amide bonds. The van der Waals surface area contributed by atoms with Crippen LogP contribution in [0.4, 0.5) is 13.2 Å². The Labute approximate surface area is 160 Å². The van der Waals surface area contributed by atoms with Crippen molar-refractivity contribution in [2.45, 2.75) is 31.5 Å². The minimum Gasteiger partial charge on any atom is -0.491 e. The van der Waals surface area contributed by atoms with E-state index in [1.807, 2.05) is 0 Å². The Morgan fingerprint density at radius 3 is 2.54 bits per heavy atom. The van der Waals surface area contributed by atoms with Crippen molar-refractivity contribution in [3.8, 4) is 11.5 Å². The Morgan fingerprint density at radius 2 is 1.82 bits per heavy atom. The third-order valence-corrected chi connectivity index (χ3v) is 5.02. The van der Waals surface area contributed by atoms with Crippen LogP contribution in [0.1, 0.15) is 18.4 Å². The summed E-state index contributed by atoms with van der Waals surface area (Å²) < 4.78 is 52.0. The van der Waals surface area contributed by atoms with E-state index in [4.69, 9.17) is 4.74 Å². The van der Waals surface area contributed by atoms with Gasteiger partial charge in [0, 0.05) is 48.1 Å². The van der Waals surface area contributed by atoms with Crippen LogP contribution in [0.15, 0.2) is 42.7 Å². The van der Waals surface area contributed by atoms with Gasteiger partial charge >= 0.3 is 0 Å². The van der Waals surface area contributed by atoms with E-state index < -0.39 is 17.4 Å². The van der Waals surface area contributed by atoms with E-state index in [9.17, 15) is 13.2 Å². The lowest BCUT2D eigenvalue weighted by molar-refractivity contribution is 0.0834. The Bertz CT molecular complexity index is 983. The van der Waals surface area contributed by atoms with E-state index in [1.165, 1.54) is 13.2 Å². The summed E-state index contributed by atoms with van der Waals surface area (Å²) >= 11 is 0. The zero-order valence-electron chi connectivity index (χ0n) is 15.2. The number of hydrogen-bond donors (Lipinski definition) is 1. The summed E-state index contributed by atoms with van der Waals surface area (Å²) in [6.45, 7) is 0.385. The van der Waals surface area contributed by atoms with Crippen LogP contribution in [0.25, 0.3) is 10.8 Å². The fourth-order valence-corrected chi connectivity index (χ4v) is 3.45. The number of pyridine rings is 1. The molecule has 4 nitrogen and oxygen atoms in total. The molecule has 1 aliphatic rings. The molecule has 0 atom stereocenters. The van der Waals surface area contributed by atoms with Gasteiger partial charge in [0.25, 0.3) is 0 Å². The normalized spacial score (nSPS) is 18.7. The molecule has 0 radical (unpaired) electrons. The fourth-order valence-electron chi connectivity index (χ4n) is 3.45. The molecule has 1 fully saturated rings. The van der Waals surface area contributed by atoms with Crippen molar-refractivity contribution in [3.63, 3.8) is 0 Å². The van der Waals surface area contributed by atoms with Crippen LogP contribution < -0.4 is 14.8 Å². The maximum Gasteiger partial charge on any atom is 0.190 e. The second kappa shape index (κ2) is 7.67. The Hall–Kier alpha value is -2.80. The van der Waals surface area contributed by atoms with Crippen LogP contribution in [0, 0.1) is 17.5 Å². The summed E-state index contributed by atoms with van der Waals surface area (Å²) in [6.07, 6.45) is 4.54. The van der Waals surface area contributed by atoms with Crippen LogP contribution in [-0.2, 0) is 6.54 Å². The number of rotatable bonds is 6. The van der Waals surface area contributed by atoms with Crippen molar-refractivity contribution in [2.75, 3.05) is 7.11 Å². The highest BCUT2D eigenvalue weighted by Gasteiger charge is 2.31. The number of hydrogen-bond acceptors (Lipinski definition) is 4. The molecule has 0 spiro atoms. The van der Waals surface area contributed by atoms with Gasteiger partial charge in [-0.05, 0) is 36.4 Å². The lowest BCUT2D eigenvalue weighted by atomic mass is 9.89. The molecule has 1 aliphatic carbocycles. The second-order valence-electron chi connectivity index (χ2n) is 6.83. The molecule has 7 heteroatoms. The quantitative estimate of drug-likeness (QED) is 0.682. The summed E-state index contributed by atoms with van der Waals surface area (Å²) in [5.41, 5.74) is 0.601. The number of aromatic nitrogens is 1. The first-order valence-electron chi connectivity index (χ1n) is 8.99. The van der Waals surface area contributed by atoms with E-state index in [0.29, 0.717) is 24.9 Å². The Morgan fingerprint density at radius 1 is 1.07 bits per heavy atom. The van der Waals surface area contributed by atoms with E-state index in [2.05, 4.69) is 15.0 Å². The Balaban J connectivity index is 1.34. The predicted octanol–water partition coefficient (Wildman–Crippen LogP) is 4.36. The maximum absolute atomic E-state index is 14.2. The number of ether oxygens (including phenoxy) is 2. The van der Waals surface area contributed by atoms with Gasteiger partial charge in [0.15, 0.2) is 17.4 Å². The van der Waals surface area contributed by atoms with Crippen molar-refractivity contribution in [3.05, 3.63) is 65.7 Å². The molecular weight excluding hydrogens is 369 g/mol. The lowest BCUT2D eigenvalue weighted by Crippen LogP contribution is -2.46. The summed E-state index contributed by atoms with van der Waals surface area (Å²) in [7, 11) is 1.21. The molecule has 28 heavy (non-hydrogen) atoms. The standard InChI is InChI=1S/C21H19F3N2O2/c1-27-21-19(23)8-15(9-20(21)24)28-14-6-13(7-14)26-11-17-16-4-5-25-10-12(16)2-3-18(17)22/h2-5,8-10,13-14,26H,6-7,11H2,1H3/t13-,14-. The lowest BCUT2D eigenvalue weighted by Gasteiger charge is -2.36. The Kier molecular flexibility index (Phi) is 5.09. The fraction of sp³-hybridized carbons (Fsp3) is 0.286. The first-order valence-corrected chi connectivity index (χ1v) is 8.99. The second-order valence-corrected chi connectivity index (χ2v) is 6.83. The SMILES string of the molecule is COc1c(F)cc(O[C@H]2C[C@H](NCc3c(F)ccc4cnccc34)C2)cc1F. The highest BCUT2D eigenvalue weighted by Crippen LogP contribution is 2.31. The largest absolute Gasteiger partial charge is 0.491 e. The van der Waals surface area contributed by atoms with E-state index in [-0.39, 0.29) is 23.7 Å². The maximum atomic E-state index is 14.2. The van der Waals surface area contributed by atoms with Crippen LogP contribution in [-0.4, -0.2) is 24.2 Å². The van der Waals surface area contributed by atoms with Crippen LogP contribution >= 0.6 is 0 Å². The van der Waals surface area contributed by atoms with Crippen molar-refractivity contribution in [2.24, 2.45) is 0 Å². The molecule has 1 heterocycles. The molecule has 146 valence electrons. The van der Waals surface area contributed by atoms with E-state index in [0.717, 1.165) is 22.9 Å². The summed E-state index contributed by atoms with van der Waals surface area (Å²) in [4.78, 5) is 4.06. The molecule has 0 saturated heterocycles. The number of methoxy groups -OCH3 is 1. The highest BCUT2D eigenvalue weighted by atomic mass is 19.1. The van der Waals surface area contributed by atoms with Crippen LogP contribution in [0.5, 0.6) is 11.5 Å². The van der Waals surface area contributed by atoms with Gasteiger partial charge in [-0.3, -0.25) is 4.98 Å². The zero-order valence-corrected chi connectivity index (χ0v) is 15.2. The molecule has 1 aromatic heterocycles. The van der Waals surface area contributed by atoms with Crippen molar-refractivity contribution in [1.29, 1.82) is 0 Å². The number of nitrogens with zero attached hydrogens (tertiary/aromatic N) is 1. The van der Waals surface area contributed by atoms with Gasteiger partial charge in [-0.1, -0.05) is 0 Å². The number of halogens is 3. The monoisotopic (exact) mass is 388 g/mol.